The molecule has 2 aliphatic rings. The lowest BCUT2D eigenvalue weighted by molar-refractivity contribution is 0.362. The van der Waals surface area contributed by atoms with Gasteiger partial charge in [0.25, 0.3) is 15.9 Å². The number of sulfonamides is 1. The van der Waals surface area contributed by atoms with Crippen molar-refractivity contribution in [3.63, 3.8) is 0 Å². The highest BCUT2D eigenvalue weighted by Gasteiger charge is 2.33. The first-order chi connectivity index (χ1) is 13.6. The molecule has 0 spiro atoms. The number of para-hydroxylation sites is 1. The molecular weight excluding hydrogens is 380 g/mol. The van der Waals surface area contributed by atoms with Crippen molar-refractivity contribution in [1.82, 2.24) is 14.5 Å². The van der Waals surface area contributed by atoms with Crippen LogP contribution in [0.3, 0.4) is 0 Å². The Morgan fingerprint density at radius 2 is 1.75 bits per heavy atom. The van der Waals surface area contributed by atoms with Gasteiger partial charge in [0.1, 0.15) is 6.26 Å². The fourth-order valence-corrected chi connectivity index (χ4v) is 4.71. The third-order valence-electron chi connectivity index (χ3n) is 5.14. The molecule has 1 aliphatic heterocycles. The Kier molecular flexibility index (Phi) is 4.21. The fraction of sp³-hybridized carbons (Fsp3) is 0.368. The lowest BCUT2D eigenvalue weighted by Gasteiger charge is -2.34. The minimum Gasteiger partial charge on any atom is -0.451 e. The maximum atomic E-state index is 12.9. The molecule has 2 fully saturated rings. The molecule has 0 radical (unpaired) electrons. The van der Waals surface area contributed by atoms with Crippen LogP contribution < -0.4 is 4.90 Å². The standard InChI is InChI=1S/C19H20N4O4S/c24-28(25,23-10-8-22(9-11-23)16-4-2-1-3-5-16)17-12-15(13-26-17)19-21-20-18(27-19)14-6-7-14/h1-5,12-14H,6-11H2. The minimum absolute atomic E-state index is 0.0955. The Morgan fingerprint density at radius 1 is 1.00 bits per heavy atom. The average molecular weight is 400 g/mol. The second-order valence-corrected chi connectivity index (χ2v) is 8.97. The Hall–Kier alpha value is -2.65. The molecule has 2 aromatic heterocycles. The summed E-state index contributed by atoms with van der Waals surface area (Å²) in [5.74, 6) is 1.25. The predicted octanol–water partition coefficient (Wildman–Crippen LogP) is 2.72. The number of anilines is 1. The van der Waals surface area contributed by atoms with Crippen LogP contribution in [0.4, 0.5) is 5.69 Å². The van der Waals surface area contributed by atoms with E-state index in [2.05, 4.69) is 15.1 Å². The van der Waals surface area contributed by atoms with Crippen molar-refractivity contribution in [1.29, 1.82) is 0 Å². The lowest BCUT2D eigenvalue weighted by Crippen LogP contribution is -2.48. The largest absolute Gasteiger partial charge is 0.451 e. The van der Waals surface area contributed by atoms with E-state index < -0.39 is 10.0 Å². The highest BCUT2D eigenvalue weighted by Crippen LogP contribution is 2.40. The van der Waals surface area contributed by atoms with Gasteiger partial charge in [-0.05, 0) is 25.0 Å². The first-order valence-electron chi connectivity index (χ1n) is 9.34. The summed E-state index contributed by atoms with van der Waals surface area (Å²) in [6.45, 7) is 2.07. The molecule has 28 heavy (non-hydrogen) atoms. The zero-order chi connectivity index (χ0) is 19.1. The summed E-state index contributed by atoms with van der Waals surface area (Å²) >= 11 is 0. The van der Waals surface area contributed by atoms with Gasteiger partial charge in [0.2, 0.25) is 11.0 Å². The lowest BCUT2D eigenvalue weighted by atomic mass is 10.2. The van der Waals surface area contributed by atoms with Crippen LogP contribution in [-0.4, -0.2) is 49.1 Å². The Bertz CT molecular complexity index is 1060. The van der Waals surface area contributed by atoms with Crippen molar-refractivity contribution in [3.05, 3.63) is 48.6 Å². The van der Waals surface area contributed by atoms with E-state index in [1.165, 1.54) is 16.6 Å². The van der Waals surface area contributed by atoms with Crippen molar-refractivity contribution in [2.75, 3.05) is 31.1 Å². The maximum Gasteiger partial charge on any atom is 0.276 e. The third kappa shape index (κ3) is 3.20. The van der Waals surface area contributed by atoms with E-state index in [0.29, 0.717) is 49.4 Å². The smallest absolute Gasteiger partial charge is 0.276 e. The van der Waals surface area contributed by atoms with Gasteiger partial charge < -0.3 is 13.7 Å². The van der Waals surface area contributed by atoms with Crippen LogP contribution in [0.2, 0.25) is 0 Å². The molecule has 8 nitrogen and oxygen atoms in total. The van der Waals surface area contributed by atoms with Crippen LogP contribution in [-0.2, 0) is 10.0 Å². The van der Waals surface area contributed by atoms with Gasteiger partial charge in [-0.25, -0.2) is 8.42 Å². The number of piperazine rings is 1. The SMILES string of the molecule is O=S(=O)(c1cc(-c2nnc(C3CC3)o2)co1)N1CCN(c2ccccc2)CC1. The van der Waals surface area contributed by atoms with E-state index >= 15 is 0 Å². The highest BCUT2D eigenvalue weighted by atomic mass is 32.2. The topological polar surface area (TPSA) is 92.7 Å². The van der Waals surface area contributed by atoms with Crippen LogP contribution in [0, 0.1) is 0 Å². The summed E-state index contributed by atoms with van der Waals surface area (Å²) < 4.78 is 38.3. The molecule has 9 heteroatoms. The van der Waals surface area contributed by atoms with Crippen molar-refractivity contribution < 1.29 is 17.3 Å². The molecule has 3 aromatic rings. The number of hydrogen-bond acceptors (Lipinski definition) is 7. The van der Waals surface area contributed by atoms with Gasteiger partial charge in [0.05, 0.1) is 5.56 Å². The molecule has 5 rings (SSSR count). The van der Waals surface area contributed by atoms with E-state index in [4.69, 9.17) is 8.83 Å². The van der Waals surface area contributed by atoms with Gasteiger partial charge in [-0.3, -0.25) is 0 Å². The molecule has 0 amide bonds. The molecule has 1 saturated carbocycles. The van der Waals surface area contributed by atoms with Gasteiger partial charge in [-0.1, -0.05) is 18.2 Å². The Morgan fingerprint density at radius 3 is 2.46 bits per heavy atom. The number of hydrogen-bond donors (Lipinski definition) is 0. The molecule has 1 aliphatic carbocycles. The first kappa shape index (κ1) is 17.4. The predicted molar refractivity (Wildman–Crippen MR) is 101 cm³/mol. The van der Waals surface area contributed by atoms with E-state index in [1.807, 2.05) is 30.3 Å². The van der Waals surface area contributed by atoms with E-state index in [-0.39, 0.29) is 5.09 Å². The summed E-state index contributed by atoms with van der Waals surface area (Å²) in [5.41, 5.74) is 1.59. The molecule has 0 N–H and O–H groups in total. The van der Waals surface area contributed by atoms with Crippen LogP contribution >= 0.6 is 0 Å². The van der Waals surface area contributed by atoms with Crippen LogP contribution in [0.5, 0.6) is 0 Å². The number of aromatic nitrogens is 2. The van der Waals surface area contributed by atoms with Gasteiger partial charge in [0.15, 0.2) is 0 Å². The molecule has 146 valence electrons. The zero-order valence-electron chi connectivity index (χ0n) is 15.2. The first-order valence-corrected chi connectivity index (χ1v) is 10.8. The number of nitrogens with zero attached hydrogens (tertiary/aromatic N) is 4. The third-order valence-corrected chi connectivity index (χ3v) is 6.91. The van der Waals surface area contributed by atoms with Crippen molar-refractivity contribution in [2.45, 2.75) is 23.9 Å². The van der Waals surface area contributed by atoms with Gasteiger partial charge in [-0.2, -0.15) is 4.31 Å². The molecule has 0 unspecified atom stereocenters. The summed E-state index contributed by atoms with van der Waals surface area (Å²) in [5, 5.41) is 7.94. The minimum atomic E-state index is -3.70. The van der Waals surface area contributed by atoms with Crippen molar-refractivity contribution >= 4 is 15.7 Å². The second kappa shape index (κ2) is 6.75. The molecule has 1 aromatic carbocycles. The normalized spacial score (nSPS) is 18.5. The summed E-state index contributed by atoms with van der Waals surface area (Å²) in [6, 6.07) is 11.5. The van der Waals surface area contributed by atoms with Crippen LogP contribution in [0.15, 0.2) is 56.6 Å². The summed E-state index contributed by atoms with van der Waals surface area (Å²) in [4.78, 5) is 2.18. The average Bonchev–Trinajstić information content (AvgIpc) is 3.25. The number of furan rings is 1. The van der Waals surface area contributed by atoms with Crippen LogP contribution in [0.25, 0.3) is 11.5 Å². The van der Waals surface area contributed by atoms with Crippen LogP contribution in [0.1, 0.15) is 24.7 Å². The van der Waals surface area contributed by atoms with E-state index in [1.54, 1.807) is 0 Å². The quantitative estimate of drug-likeness (QED) is 0.650. The summed E-state index contributed by atoms with van der Waals surface area (Å²) in [7, 11) is -3.70. The highest BCUT2D eigenvalue weighted by molar-refractivity contribution is 7.89. The van der Waals surface area contributed by atoms with Crippen molar-refractivity contribution in [2.24, 2.45) is 0 Å². The molecule has 1 saturated heterocycles. The molecular formula is C19H20N4O4S. The van der Waals surface area contributed by atoms with E-state index in [0.717, 1.165) is 18.5 Å². The monoisotopic (exact) mass is 400 g/mol. The van der Waals surface area contributed by atoms with Gasteiger partial charge in [-0.15, -0.1) is 10.2 Å². The fourth-order valence-electron chi connectivity index (χ4n) is 3.36. The summed E-state index contributed by atoms with van der Waals surface area (Å²) in [6.07, 6.45) is 3.47. The maximum absolute atomic E-state index is 12.9. The Labute approximate surface area is 162 Å². The Balaban J connectivity index is 1.30. The van der Waals surface area contributed by atoms with Gasteiger partial charge in [0, 0.05) is 43.9 Å². The van der Waals surface area contributed by atoms with Gasteiger partial charge >= 0.3 is 0 Å². The zero-order valence-corrected chi connectivity index (χ0v) is 16.0. The molecule has 0 atom stereocenters. The molecule has 3 heterocycles. The van der Waals surface area contributed by atoms with E-state index in [9.17, 15) is 8.42 Å². The van der Waals surface area contributed by atoms with Crippen molar-refractivity contribution in [3.8, 4) is 11.5 Å². The molecule has 0 bridgehead atoms. The number of benzene rings is 1. The number of rotatable bonds is 5. The second-order valence-electron chi connectivity index (χ2n) is 7.10.